The molecule has 0 fully saturated rings. The number of aromatic nitrogens is 2. The smallest absolute Gasteiger partial charge is 0.126 e. The number of nitrogens with one attached hydrogen (secondary N) is 1. The standard InChI is InChI=1S/C28H30N4/c1-20(2)23-9-6-10-24(18-23)26-11-12-27(32-28(26)22-13-15-30-16-14-22)31-19-25(29)17-21-7-4-3-5-8-21/h3-16,18,20,25H,17,19,29H2,1-2H3,(H,31,32)/t25-/m0/s1. The summed E-state index contributed by atoms with van der Waals surface area (Å²) in [6, 6.07) is 27.2. The van der Waals surface area contributed by atoms with E-state index in [2.05, 4.69) is 66.6 Å². The van der Waals surface area contributed by atoms with E-state index in [1.165, 1.54) is 16.7 Å². The predicted molar refractivity (Wildman–Crippen MR) is 134 cm³/mol. The first-order chi connectivity index (χ1) is 15.6. The lowest BCUT2D eigenvalue weighted by atomic mass is 9.95. The number of rotatable bonds is 8. The van der Waals surface area contributed by atoms with Crippen LogP contribution in [-0.4, -0.2) is 22.6 Å². The van der Waals surface area contributed by atoms with Crippen molar-refractivity contribution in [2.75, 3.05) is 11.9 Å². The number of pyridine rings is 2. The summed E-state index contributed by atoms with van der Waals surface area (Å²) in [5.41, 5.74) is 13.2. The summed E-state index contributed by atoms with van der Waals surface area (Å²) in [4.78, 5) is 9.15. The fraction of sp³-hybridized carbons (Fsp3) is 0.214. The summed E-state index contributed by atoms with van der Waals surface area (Å²) >= 11 is 0. The Morgan fingerprint density at radius 3 is 2.38 bits per heavy atom. The van der Waals surface area contributed by atoms with E-state index in [9.17, 15) is 0 Å². The first kappa shape index (κ1) is 21.7. The molecule has 3 N–H and O–H groups in total. The quantitative estimate of drug-likeness (QED) is 0.370. The summed E-state index contributed by atoms with van der Waals surface area (Å²) < 4.78 is 0. The Labute approximate surface area is 190 Å². The van der Waals surface area contributed by atoms with Gasteiger partial charge < -0.3 is 11.1 Å². The molecule has 0 unspecified atom stereocenters. The SMILES string of the molecule is CC(C)c1cccc(-c2ccc(NC[C@@H](N)Cc3ccccc3)nc2-c2ccncc2)c1. The van der Waals surface area contributed by atoms with Crippen molar-refractivity contribution in [2.24, 2.45) is 5.73 Å². The van der Waals surface area contributed by atoms with Gasteiger partial charge >= 0.3 is 0 Å². The lowest BCUT2D eigenvalue weighted by molar-refractivity contribution is 0.698. The van der Waals surface area contributed by atoms with Gasteiger partial charge in [-0.25, -0.2) is 4.98 Å². The minimum atomic E-state index is 0.00553. The van der Waals surface area contributed by atoms with Crippen molar-refractivity contribution in [1.29, 1.82) is 0 Å². The summed E-state index contributed by atoms with van der Waals surface area (Å²) in [5, 5.41) is 3.43. The molecule has 0 aliphatic heterocycles. The number of benzene rings is 2. The fourth-order valence-electron chi connectivity index (χ4n) is 3.81. The molecule has 2 aromatic heterocycles. The van der Waals surface area contributed by atoms with Gasteiger partial charge in [0, 0.05) is 36.1 Å². The van der Waals surface area contributed by atoms with E-state index < -0.39 is 0 Å². The molecule has 32 heavy (non-hydrogen) atoms. The van der Waals surface area contributed by atoms with Crippen LogP contribution in [0, 0.1) is 0 Å². The van der Waals surface area contributed by atoms with Gasteiger partial charge in [-0.15, -0.1) is 0 Å². The number of nitrogens with zero attached hydrogens (tertiary/aromatic N) is 2. The molecular formula is C28H30N4. The average molecular weight is 423 g/mol. The maximum Gasteiger partial charge on any atom is 0.126 e. The molecule has 0 saturated heterocycles. The third kappa shape index (κ3) is 5.40. The van der Waals surface area contributed by atoms with Gasteiger partial charge in [-0.2, -0.15) is 0 Å². The zero-order valence-corrected chi connectivity index (χ0v) is 18.7. The molecule has 4 aromatic rings. The maximum atomic E-state index is 6.37. The summed E-state index contributed by atoms with van der Waals surface area (Å²) in [6.07, 6.45) is 4.44. The fourth-order valence-corrected chi connectivity index (χ4v) is 3.81. The Morgan fingerprint density at radius 1 is 0.844 bits per heavy atom. The van der Waals surface area contributed by atoms with Crippen LogP contribution in [0.1, 0.15) is 30.9 Å². The maximum absolute atomic E-state index is 6.37. The lowest BCUT2D eigenvalue weighted by Gasteiger charge is -2.16. The van der Waals surface area contributed by atoms with E-state index in [0.29, 0.717) is 12.5 Å². The highest BCUT2D eigenvalue weighted by Crippen LogP contribution is 2.33. The molecule has 0 aliphatic rings. The van der Waals surface area contributed by atoms with Crippen LogP contribution >= 0.6 is 0 Å². The Hall–Kier alpha value is -3.50. The van der Waals surface area contributed by atoms with Gasteiger partial charge in [0.15, 0.2) is 0 Å². The predicted octanol–water partition coefficient (Wildman–Crippen LogP) is 5.92. The Morgan fingerprint density at radius 2 is 1.62 bits per heavy atom. The van der Waals surface area contributed by atoms with Gasteiger partial charge in [-0.05, 0) is 53.3 Å². The molecular weight excluding hydrogens is 392 g/mol. The van der Waals surface area contributed by atoms with Crippen LogP contribution in [0.5, 0.6) is 0 Å². The van der Waals surface area contributed by atoms with E-state index >= 15 is 0 Å². The van der Waals surface area contributed by atoms with Crippen LogP contribution < -0.4 is 11.1 Å². The van der Waals surface area contributed by atoms with Crippen molar-refractivity contribution in [1.82, 2.24) is 9.97 Å². The van der Waals surface area contributed by atoms with E-state index in [1.54, 1.807) is 12.4 Å². The van der Waals surface area contributed by atoms with Crippen LogP contribution in [0.3, 0.4) is 0 Å². The Kier molecular flexibility index (Phi) is 6.93. The van der Waals surface area contributed by atoms with Crippen molar-refractivity contribution in [2.45, 2.75) is 32.2 Å². The largest absolute Gasteiger partial charge is 0.368 e. The van der Waals surface area contributed by atoms with E-state index in [4.69, 9.17) is 10.7 Å². The highest BCUT2D eigenvalue weighted by molar-refractivity contribution is 5.82. The second kappa shape index (κ2) is 10.2. The third-order valence-electron chi connectivity index (χ3n) is 5.60. The molecule has 1 atom stereocenters. The van der Waals surface area contributed by atoms with Crippen LogP contribution in [0.15, 0.2) is 91.3 Å². The highest BCUT2D eigenvalue weighted by atomic mass is 15.0. The molecule has 0 bridgehead atoms. The van der Waals surface area contributed by atoms with Gasteiger partial charge in [0.25, 0.3) is 0 Å². The second-order valence-corrected chi connectivity index (χ2v) is 8.44. The molecule has 0 radical (unpaired) electrons. The van der Waals surface area contributed by atoms with Crippen LogP contribution in [0.25, 0.3) is 22.4 Å². The topological polar surface area (TPSA) is 63.8 Å². The van der Waals surface area contributed by atoms with Crippen LogP contribution in [-0.2, 0) is 6.42 Å². The van der Waals surface area contributed by atoms with Crippen molar-refractivity contribution in [3.63, 3.8) is 0 Å². The van der Waals surface area contributed by atoms with Crippen LogP contribution in [0.4, 0.5) is 5.82 Å². The molecule has 0 spiro atoms. The molecule has 4 rings (SSSR count). The van der Waals surface area contributed by atoms with E-state index in [1.807, 2.05) is 36.4 Å². The first-order valence-corrected chi connectivity index (χ1v) is 11.2. The van der Waals surface area contributed by atoms with E-state index in [-0.39, 0.29) is 6.04 Å². The molecule has 4 nitrogen and oxygen atoms in total. The third-order valence-corrected chi connectivity index (χ3v) is 5.60. The molecule has 0 aliphatic carbocycles. The lowest BCUT2D eigenvalue weighted by Crippen LogP contribution is -2.31. The molecule has 0 saturated carbocycles. The van der Waals surface area contributed by atoms with Crippen molar-refractivity contribution in [3.8, 4) is 22.4 Å². The monoisotopic (exact) mass is 422 g/mol. The van der Waals surface area contributed by atoms with E-state index in [0.717, 1.165) is 29.1 Å². The minimum Gasteiger partial charge on any atom is -0.368 e. The zero-order valence-electron chi connectivity index (χ0n) is 18.7. The number of hydrogen-bond donors (Lipinski definition) is 2. The number of hydrogen-bond acceptors (Lipinski definition) is 4. The van der Waals surface area contributed by atoms with Gasteiger partial charge in [-0.1, -0.05) is 68.4 Å². The zero-order chi connectivity index (χ0) is 22.3. The summed E-state index contributed by atoms with van der Waals surface area (Å²) in [6.45, 7) is 5.08. The number of nitrogens with two attached hydrogens (primary N) is 1. The molecule has 2 heterocycles. The number of anilines is 1. The van der Waals surface area contributed by atoms with Gasteiger partial charge in [0.1, 0.15) is 5.82 Å². The normalized spacial score (nSPS) is 12.0. The first-order valence-electron chi connectivity index (χ1n) is 11.2. The van der Waals surface area contributed by atoms with Gasteiger partial charge in [0.05, 0.1) is 5.69 Å². The summed E-state index contributed by atoms with van der Waals surface area (Å²) in [7, 11) is 0. The van der Waals surface area contributed by atoms with Crippen molar-refractivity contribution >= 4 is 5.82 Å². The van der Waals surface area contributed by atoms with Crippen molar-refractivity contribution in [3.05, 3.63) is 102 Å². The highest BCUT2D eigenvalue weighted by Gasteiger charge is 2.13. The molecule has 4 heteroatoms. The van der Waals surface area contributed by atoms with Crippen molar-refractivity contribution < 1.29 is 0 Å². The van der Waals surface area contributed by atoms with Gasteiger partial charge in [-0.3, -0.25) is 4.98 Å². The van der Waals surface area contributed by atoms with Gasteiger partial charge in [0.2, 0.25) is 0 Å². The minimum absolute atomic E-state index is 0.00553. The second-order valence-electron chi connectivity index (χ2n) is 8.44. The summed E-state index contributed by atoms with van der Waals surface area (Å²) in [5.74, 6) is 1.29. The Balaban J connectivity index is 1.60. The van der Waals surface area contributed by atoms with Crippen LogP contribution in [0.2, 0.25) is 0 Å². The molecule has 0 amide bonds. The average Bonchev–Trinajstić information content (AvgIpc) is 2.84. The molecule has 2 aromatic carbocycles. The Bertz CT molecular complexity index is 1140. The molecule has 162 valence electrons.